The van der Waals surface area contributed by atoms with Crippen LogP contribution in [0.3, 0.4) is 0 Å². The van der Waals surface area contributed by atoms with Crippen molar-refractivity contribution in [3.05, 3.63) is 53.5 Å². The van der Waals surface area contributed by atoms with Gasteiger partial charge in [0.2, 0.25) is 0 Å². The highest BCUT2D eigenvalue weighted by Crippen LogP contribution is 2.34. The van der Waals surface area contributed by atoms with Crippen molar-refractivity contribution in [1.82, 2.24) is 5.32 Å². The number of fused-ring (bicyclic) bond motifs is 1. The van der Waals surface area contributed by atoms with Crippen molar-refractivity contribution in [3.63, 3.8) is 0 Å². The van der Waals surface area contributed by atoms with Crippen molar-refractivity contribution in [2.24, 2.45) is 5.92 Å². The molecule has 1 N–H and O–H groups in total. The fraction of sp³-hybridized carbons (Fsp3) is 0.450. The Bertz CT molecular complexity index is 748. The molecule has 4 rings (SSSR count). The summed E-state index contributed by atoms with van der Waals surface area (Å²) in [6.07, 6.45) is 5.11. The number of carbonyl (C=O) groups is 1. The predicted molar refractivity (Wildman–Crippen MR) is 94.2 cm³/mol. The Kier molecular flexibility index (Phi) is 3.83. The summed E-state index contributed by atoms with van der Waals surface area (Å²) in [6, 6.07) is 10.9. The average Bonchev–Trinajstić information content (AvgIpc) is 3.24. The third kappa shape index (κ3) is 2.81. The number of para-hydroxylation sites is 1. The smallest absolute Gasteiger partial charge is 0.255 e. The highest BCUT2D eigenvalue weighted by atomic mass is 16.3. The molecule has 1 saturated carbocycles. The summed E-state index contributed by atoms with van der Waals surface area (Å²) >= 11 is 0. The first-order valence-corrected chi connectivity index (χ1v) is 8.85. The number of amides is 1. The molecule has 0 radical (unpaired) electrons. The van der Waals surface area contributed by atoms with Crippen LogP contribution in [0.25, 0.3) is 0 Å². The summed E-state index contributed by atoms with van der Waals surface area (Å²) < 4.78 is 5.67. The molecule has 0 saturated heterocycles. The molecular weight excluding hydrogens is 300 g/mol. The molecule has 4 heteroatoms. The lowest BCUT2D eigenvalue weighted by Gasteiger charge is -2.24. The van der Waals surface area contributed by atoms with Crippen molar-refractivity contribution in [2.45, 2.75) is 51.7 Å². The van der Waals surface area contributed by atoms with Crippen LogP contribution in [-0.2, 0) is 13.0 Å². The fourth-order valence-electron chi connectivity index (χ4n) is 3.69. The lowest BCUT2D eigenvalue weighted by Crippen LogP contribution is -2.35. The molecule has 1 fully saturated rings. The van der Waals surface area contributed by atoms with E-state index in [-0.39, 0.29) is 11.9 Å². The number of nitrogens with one attached hydrogen (secondary N) is 1. The molecular formula is C20H24N2O2. The quantitative estimate of drug-likeness (QED) is 0.911. The second-order valence-electron chi connectivity index (χ2n) is 7.17. The predicted octanol–water partition coefficient (Wildman–Crippen LogP) is 3.76. The molecule has 2 unspecified atom stereocenters. The second kappa shape index (κ2) is 6.00. The van der Waals surface area contributed by atoms with E-state index in [1.54, 1.807) is 12.3 Å². The van der Waals surface area contributed by atoms with E-state index in [4.69, 9.17) is 4.42 Å². The number of hydrogen-bond acceptors (Lipinski definition) is 3. The minimum Gasteiger partial charge on any atom is -0.467 e. The molecule has 0 spiro atoms. The van der Waals surface area contributed by atoms with E-state index in [1.165, 1.54) is 24.1 Å². The van der Waals surface area contributed by atoms with Crippen molar-refractivity contribution in [1.29, 1.82) is 0 Å². The number of hydrogen-bond donors (Lipinski definition) is 1. The summed E-state index contributed by atoms with van der Waals surface area (Å²) in [5, 5.41) is 3.12. The normalized spacial score (nSPS) is 20.8. The molecule has 4 nitrogen and oxygen atoms in total. The van der Waals surface area contributed by atoms with Gasteiger partial charge < -0.3 is 14.6 Å². The molecule has 1 amide bonds. The van der Waals surface area contributed by atoms with Crippen LogP contribution in [0.2, 0.25) is 0 Å². The zero-order valence-corrected chi connectivity index (χ0v) is 14.3. The largest absolute Gasteiger partial charge is 0.467 e. The first-order valence-electron chi connectivity index (χ1n) is 8.85. The lowest BCUT2D eigenvalue weighted by molar-refractivity contribution is 0.0933. The van der Waals surface area contributed by atoms with Gasteiger partial charge in [-0.3, -0.25) is 4.79 Å². The Morgan fingerprint density at radius 2 is 2.12 bits per heavy atom. The first kappa shape index (κ1) is 15.3. The molecule has 1 aliphatic carbocycles. The molecule has 0 bridgehead atoms. The zero-order valence-electron chi connectivity index (χ0n) is 14.3. The van der Waals surface area contributed by atoms with Crippen LogP contribution in [0.15, 0.2) is 41.0 Å². The molecule has 1 aromatic heterocycles. The van der Waals surface area contributed by atoms with Crippen molar-refractivity contribution >= 4 is 11.6 Å². The minimum atomic E-state index is -0.0155. The first-order chi connectivity index (χ1) is 11.6. The maximum atomic E-state index is 12.6. The van der Waals surface area contributed by atoms with E-state index in [0.717, 1.165) is 12.2 Å². The van der Waals surface area contributed by atoms with Gasteiger partial charge in [-0.05, 0) is 56.7 Å². The number of rotatable bonds is 5. The van der Waals surface area contributed by atoms with Gasteiger partial charge in [-0.15, -0.1) is 0 Å². The van der Waals surface area contributed by atoms with Gasteiger partial charge in [-0.2, -0.15) is 0 Å². The molecule has 2 aromatic rings. The number of benzene rings is 1. The van der Waals surface area contributed by atoms with Crippen LogP contribution >= 0.6 is 0 Å². The number of anilines is 1. The molecule has 1 aromatic carbocycles. The summed E-state index contributed by atoms with van der Waals surface area (Å²) in [5.74, 6) is 1.38. The van der Waals surface area contributed by atoms with Gasteiger partial charge in [0.25, 0.3) is 5.91 Å². The summed E-state index contributed by atoms with van der Waals surface area (Å²) in [7, 11) is 0. The van der Waals surface area contributed by atoms with Crippen molar-refractivity contribution in [2.75, 3.05) is 4.90 Å². The van der Waals surface area contributed by atoms with E-state index in [9.17, 15) is 4.79 Å². The Morgan fingerprint density at radius 1 is 1.33 bits per heavy atom. The lowest BCUT2D eigenvalue weighted by atomic mass is 10.1. The van der Waals surface area contributed by atoms with Crippen LogP contribution < -0.4 is 10.2 Å². The Balaban J connectivity index is 1.52. The van der Waals surface area contributed by atoms with Gasteiger partial charge in [0.15, 0.2) is 0 Å². The van der Waals surface area contributed by atoms with Crippen LogP contribution in [0.4, 0.5) is 5.69 Å². The van der Waals surface area contributed by atoms with Crippen molar-refractivity contribution < 1.29 is 9.21 Å². The summed E-state index contributed by atoms with van der Waals surface area (Å²) in [6.45, 7) is 4.94. The van der Waals surface area contributed by atoms with Gasteiger partial charge in [0, 0.05) is 17.8 Å². The van der Waals surface area contributed by atoms with Crippen LogP contribution in [-0.4, -0.2) is 18.0 Å². The number of furan rings is 1. The molecule has 1 aliphatic heterocycles. The van der Waals surface area contributed by atoms with E-state index >= 15 is 0 Å². The third-order valence-electron chi connectivity index (χ3n) is 5.34. The molecule has 2 aliphatic rings. The van der Waals surface area contributed by atoms with Gasteiger partial charge >= 0.3 is 0 Å². The van der Waals surface area contributed by atoms with Crippen LogP contribution in [0, 0.1) is 5.92 Å². The molecule has 126 valence electrons. The number of nitrogens with zero attached hydrogens (tertiary/aromatic N) is 1. The maximum absolute atomic E-state index is 12.6. The highest BCUT2D eigenvalue weighted by Gasteiger charge is 2.31. The average molecular weight is 324 g/mol. The van der Waals surface area contributed by atoms with Crippen LogP contribution in [0.5, 0.6) is 0 Å². The van der Waals surface area contributed by atoms with Gasteiger partial charge in [0.1, 0.15) is 5.76 Å². The maximum Gasteiger partial charge on any atom is 0.255 e. The Labute approximate surface area is 142 Å². The SMILES string of the molecule is CC(NC(=O)c1ccoc1CN1c2ccccc2CC1C)C1CC1. The highest BCUT2D eigenvalue weighted by molar-refractivity contribution is 5.95. The van der Waals surface area contributed by atoms with E-state index in [1.807, 2.05) is 0 Å². The molecule has 2 atom stereocenters. The molecule has 24 heavy (non-hydrogen) atoms. The second-order valence-corrected chi connectivity index (χ2v) is 7.17. The van der Waals surface area contributed by atoms with Gasteiger partial charge in [-0.25, -0.2) is 0 Å². The van der Waals surface area contributed by atoms with Gasteiger partial charge in [0.05, 0.1) is 18.4 Å². The van der Waals surface area contributed by atoms with E-state index in [2.05, 4.69) is 48.3 Å². The topological polar surface area (TPSA) is 45.5 Å². The Morgan fingerprint density at radius 3 is 2.92 bits per heavy atom. The number of carbonyl (C=O) groups excluding carboxylic acids is 1. The third-order valence-corrected chi connectivity index (χ3v) is 5.34. The van der Waals surface area contributed by atoms with Gasteiger partial charge in [-0.1, -0.05) is 18.2 Å². The standard InChI is InChI=1S/C20H24N2O2/c1-13-11-16-5-3-4-6-18(16)22(13)12-19-17(9-10-24-19)20(23)21-14(2)15-7-8-15/h3-6,9-10,13-15H,7-8,11-12H2,1-2H3,(H,21,23). The summed E-state index contributed by atoms with van der Waals surface area (Å²) in [5.41, 5.74) is 3.28. The fourth-order valence-corrected chi connectivity index (χ4v) is 3.69. The van der Waals surface area contributed by atoms with E-state index < -0.39 is 0 Å². The van der Waals surface area contributed by atoms with Crippen LogP contribution in [0.1, 0.15) is 48.4 Å². The van der Waals surface area contributed by atoms with E-state index in [0.29, 0.717) is 24.1 Å². The monoisotopic (exact) mass is 324 g/mol. The molecule has 2 heterocycles. The summed E-state index contributed by atoms with van der Waals surface area (Å²) in [4.78, 5) is 14.9. The minimum absolute atomic E-state index is 0.0155. The zero-order chi connectivity index (χ0) is 16.7. The van der Waals surface area contributed by atoms with Crippen molar-refractivity contribution in [3.8, 4) is 0 Å². The Hall–Kier alpha value is -2.23.